The number of nitrogens with one attached hydrogen (secondary N) is 1. The Kier molecular flexibility index (Phi) is 8.01. The van der Waals surface area contributed by atoms with Gasteiger partial charge in [0.05, 0.1) is 17.7 Å². The molecule has 0 bridgehead atoms. The van der Waals surface area contributed by atoms with E-state index in [9.17, 15) is 14.4 Å². The number of nitrogens with zero attached hydrogens (tertiary/aromatic N) is 1. The van der Waals surface area contributed by atoms with E-state index in [-0.39, 0.29) is 6.61 Å². The second-order valence-corrected chi connectivity index (χ2v) is 7.62. The number of hydrogen-bond acceptors (Lipinski definition) is 8. The molecule has 0 radical (unpaired) electrons. The molecule has 7 nitrogen and oxygen atoms in total. The predicted molar refractivity (Wildman–Crippen MR) is 109 cm³/mol. The van der Waals surface area contributed by atoms with Crippen LogP contribution in [0.2, 0.25) is 0 Å². The standard InChI is InChI=1S/C19H22N2O5S2/c1-5-12-11(3)28-17(15(12)19(24)25-6-2)21-14(22)10-26-18(23)13-8-7-9-20-16(13)27-4/h7-9H,5-6,10H2,1-4H3,(H,21,22). The number of anilines is 1. The zero-order valence-corrected chi connectivity index (χ0v) is 17.8. The van der Waals surface area contributed by atoms with Crippen molar-refractivity contribution in [3.05, 3.63) is 39.9 Å². The highest BCUT2D eigenvalue weighted by Crippen LogP contribution is 2.34. The van der Waals surface area contributed by atoms with Crippen LogP contribution in [0.4, 0.5) is 5.00 Å². The molecule has 0 aromatic carbocycles. The van der Waals surface area contributed by atoms with Gasteiger partial charge in [0.2, 0.25) is 0 Å². The van der Waals surface area contributed by atoms with E-state index in [0.717, 1.165) is 10.4 Å². The summed E-state index contributed by atoms with van der Waals surface area (Å²) in [6.07, 6.45) is 4.02. The number of ether oxygens (including phenoxy) is 2. The molecule has 0 spiro atoms. The van der Waals surface area contributed by atoms with Crippen LogP contribution in [0.15, 0.2) is 23.4 Å². The molecular formula is C19H22N2O5S2. The van der Waals surface area contributed by atoms with Crippen LogP contribution < -0.4 is 5.32 Å². The fourth-order valence-corrected chi connectivity index (χ4v) is 4.28. The molecule has 9 heteroatoms. The lowest BCUT2D eigenvalue weighted by Gasteiger charge is -2.09. The second-order valence-electron chi connectivity index (χ2n) is 5.60. The predicted octanol–water partition coefficient (Wildman–Crippen LogP) is 3.71. The van der Waals surface area contributed by atoms with Crippen molar-refractivity contribution in [2.24, 2.45) is 0 Å². The van der Waals surface area contributed by atoms with Crippen LogP contribution in [-0.4, -0.2) is 42.3 Å². The van der Waals surface area contributed by atoms with Crippen molar-refractivity contribution in [2.75, 3.05) is 24.8 Å². The van der Waals surface area contributed by atoms with Crippen LogP contribution in [0.25, 0.3) is 0 Å². The first kappa shape index (κ1) is 21.9. The summed E-state index contributed by atoms with van der Waals surface area (Å²) in [5.74, 6) is -1.64. The number of rotatable bonds is 8. The number of amides is 1. The third-order valence-corrected chi connectivity index (χ3v) is 5.59. The van der Waals surface area contributed by atoms with Crippen LogP contribution in [0, 0.1) is 6.92 Å². The first-order chi connectivity index (χ1) is 13.4. The lowest BCUT2D eigenvalue weighted by Crippen LogP contribution is -2.22. The van der Waals surface area contributed by atoms with E-state index in [1.54, 1.807) is 31.5 Å². The maximum absolute atomic E-state index is 12.3. The minimum absolute atomic E-state index is 0.241. The van der Waals surface area contributed by atoms with Gasteiger partial charge in [0.15, 0.2) is 6.61 Å². The number of aromatic nitrogens is 1. The van der Waals surface area contributed by atoms with Crippen molar-refractivity contribution >= 4 is 45.9 Å². The van der Waals surface area contributed by atoms with Gasteiger partial charge >= 0.3 is 11.9 Å². The fourth-order valence-electron chi connectivity index (χ4n) is 2.59. The highest BCUT2D eigenvalue weighted by atomic mass is 32.2. The Morgan fingerprint density at radius 2 is 1.96 bits per heavy atom. The molecule has 2 aromatic rings. The molecule has 2 rings (SSSR count). The monoisotopic (exact) mass is 422 g/mol. The van der Waals surface area contributed by atoms with Crippen molar-refractivity contribution in [2.45, 2.75) is 32.2 Å². The van der Waals surface area contributed by atoms with Crippen LogP contribution in [0.3, 0.4) is 0 Å². The zero-order chi connectivity index (χ0) is 20.7. The molecule has 2 heterocycles. The van der Waals surface area contributed by atoms with E-state index in [4.69, 9.17) is 9.47 Å². The number of esters is 2. The van der Waals surface area contributed by atoms with Crippen LogP contribution in [-0.2, 0) is 20.7 Å². The van der Waals surface area contributed by atoms with Gasteiger partial charge in [-0.05, 0) is 44.2 Å². The third-order valence-electron chi connectivity index (χ3n) is 3.81. The Morgan fingerprint density at radius 1 is 1.21 bits per heavy atom. The largest absolute Gasteiger partial charge is 0.462 e. The summed E-state index contributed by atoms with van der Waals surface area (Å²) in [6, 6.07) is 3.22. The molecule has 1 N–H and O–H groups in total. The van der Waals surface area contributed by atoms with Crippen molar-refractivity contribution < 1.29 is 23.9 Å². The molecule has 0 saturated carbocycles. The number of thiophene rings is 1. The number of hydrogen-bond donors (Lipinski definition) is 1. The van der Waals surface area contributed by atoms with Gasteiger partial charge in [-0.3, -0.25) is 4.79 Å². The van der Waals surface area contributed by atoms with Crippen LogP contribution in [0.1, 0.15) is 45.0 Å². The van der Waals surface area contributed by atoms with Crippen molar-refractivity contribution in [3.8, 4) is 0 Å². The SMILES string of the molecule is CCOC(=O)c1c(NC(=O)COC(=O)c2cccnc2SC)sc(C)c1CC. The highest BCUT2D eigenvalue weighted by Gasteiger charge is 2.24. The van der Waals surface area contributed by atoms with Crippen LogP contribution in [0.5, 0.6) is 0 Å². The summed E-state index contributed by atoms with van der Waals surface area (Å²) in [5.41, 5.74) is 1.51. The minimum atomic E-state index is -0.630. The van der Waals surface area contributed by atoms with Gasteiger partial charge < -0.3 is 14.8 Å². The lowest BCUT2D eigenvalue weighted by molar-refractivity contribution is -0.119. The maximum atomic E-state index is 12.3. The molecular weight excluding hydrogens is 400 g/mol. The van der Waals surface area contributed by atoms with Crippen molar-refractivity contribution in [1.29, 1.82) is 0 Å². The first-order valence-electron chi connectivity index (χ1n) is 8.68. The summed E-state index contributed by atoms with van der Waals surface area (Å²) < 4.78 is 10.2. The smallest absolute Gasteiger partial charge is 0.341 e. The highest BCUT2D eigenvalue weighted by molar-refractivity contribution is 7.98. The molecule has 28 heavy (non-hydrogen) atoms. The Bertz CT molecular complexity index is 879. The van der Waals surface area contributed by atoms with Crippen LogP contribution >= 0.6 is 23.1 Å². The quantitative estimate of drug-likeness (QED) is 0.512. The Hall–Kier alpha value is -2.39. The molecule has 0 saturated heterocycles. The summed E-state index contributed by atoms with van der Waals surface area (Å²) in [6.45, 7) is 5.31. The van der Waals surface area contributed by atoms with Gasteiger partial charge in [-0.25, -0.2) is 14.6 Å². The van der Waals surface area contributed by atoms with Crippen molar-refractivity contribution in [3.63, 3.8) is 0 Å². The topological polar surface area (TPSA) is 94.6 Å². The normalized spacial score (nSPS) is 10.4. The van der Waals surface area contributed by atoms with Gasteiger partial charge in [-0.15, -0.1) is 23.1 Å². The van der Waals surface area contributed by atoms with Gasteiger partial charge in [-0.2, -0.15) is 0 Å². The lowest BCUT2D eigenvalue weighted by atomic mass is 10.1. The summed E-state index contributed by atoms with van der Waals surface area (Å²) in [7, 11) is 0. The molecule has 0 aliphatic rings. The summed E-state index contributed by atoms with van der Waals surface area (Å²) in [5, 5.41) is 3.59. The van der Waals surface area contributed by atoms with E-state index in [1.807, 2.05) is 13.8 Å². The average molecular weight is 423 g/mol. The van der Waals surface area contributed by atoms with Gasteiger partial charge in [-0.1, -0.05) is 6.92 Å². The summed E-state index contributed by atoms with van der Waals surface area (Å²) in [4.78, 5) is 41.8. The number of pyridine rings is 1. The van der Waals surface area contributed by atoms with E-state index < -0.39 is 24.5 Å². The molecule has 0 unspecified atom stereocenters. The first-order valence-corrected chi connectivity index (χ1v) is 10.7. The minimum Gasteiger partial charge on any atom is -0.462 e. The van der Waals surface area contributed by atoms with E-state index in [1.165, 1.54) is 23.1 Å². The van der Waals surface area contributed by atoms with E-state index in [0.29, 0.717) is 27.6 Å². The summed E-state index contributed by atoms with van der Waals surface area (Å²) >= 11 is 2.61. The van der Waals surface area contributed by atoms with Gasteiger partial charge in [0.25, 0.3) is 5.91 Å². The number of aryl methyl sites for hydroxylation is 1. The molecule has 0 aliphatic carbocycles. The zero-order valence-electron chi connectivity index (χ0n) is 16.2. The Labute approximate surface area is 171 Å². The maximum Gasteiger partial charge on any atom is 0.341 e. The Balaban J connectivity index is 2.09. The molecule has 0 fully saturated rings. The average Bonchev–Trinajstić information content (AvgIpc) is 3.00. The third kappa shape index (κ3) is 5.11. The van der Waals surface area contributed by atoms with E-state index in [2.05, 4.69) is 10.3 Å². The molecule has 150 valence electrons. The fraction of sp³-hybridized carbons (Fsp3) is 0.368. The van der Waals surface area contributed by atoms with Gasteiger partial charge in [0.1, 0.15) is 10.0 Å². The molecule has 1 amide bonds. The second kappa shape index (κ2) is 10.2. The van der Waals surface area contributed by atoms with Gasteiger partial charge in [0, 0.05) is 11.1 Å². The molecule has 0 aliphatic heterocycles. The number of thioether (sulfide) groups is 1. The molecule has 2 aromatic heterocycles. The Morgan fingerprint density at radius 3 is 2.61 bits per heavy atom. The van der Waals surface area contributed by atoms with E-state index >= 15 is 0 Å². The van der Waals surface area contributed by atoms with Crippen molar-refractivity contribution in [1.82, 2.24) is 4.98 Å². The number of carbonyl (C=O) groups excluding carboxylic acids is 3. The number of carbonyl (C=O) groups is 3. The molecule has 0 atom stereocenters.